The third kappa shape index (κ3) is 3.10. The number of thiophene rings is 1. The first-order valence-corrected chi connectivity index (χ1v) is 6.23. The molecule has 1 aromatic rings. The molecule has 1 nitrogen and oxygen atoms in total. The molecule has 0 fully saturated rings. The summed E-state index contributed by atoms with van der Waals surface area (Å²) >= 11 is 1.89. The van der Waals surface area contributed by atoms with Crippen molar-refractivity contribution in [2.45, 2.75) is 39.7 Å². The molecular formula is C12H21NS. The molecule has 1 unspecified atom stereocenters. The summed E-state index contributed by atoms with van der Waals surface area (Å²) in [4.78, 5) is 1.55. The Kier molecular flexibility index (Phi) is 4.63. The van der Waals surface area contributed by atoms with Gasteiger partial charge >= 0.3 is 0 Å². The van der Waals surface area contributed by atoms with Gasteiger partial charge in [0, 0.05) is 10.9 Å². The van der Waals surface area contributed by atoms with E-state index in [0.717, 1.165) is 5.92 Å². The number of nitrogens with one attached hydrogen (secondary N) is 1. The lowest BCUT2D eigenvalue weighted by atomic mass is 9.98. The van der Waals surface area contributed by atoms with Gasteiger partial charge in [-0.05, 0) is 49.7 Å². The minimum Gasteiger partial charge on any atom is -0.317 e. The molecule has 0 saturated heterocycles. The van der Waals surface area contributed by atoms with Gasteiger partial charge in [-0.2, -0.15) is 0 Å². The summed E-state index contributed by atoms with van der Waals surface area (Å²) in [5.41, 5.74) is 1.45. The molecule has 0 radical (unpaired) electrons. The molecule has 1 N–H and O–H groups in total. The molecule has 1 rings (SSSR count). The van der Waals surface area contributed by atoms with Crippen LogP contribution < -0.4 is 5.32 Å². The first kappa shape index (κ1) is 11.7. The third-order valence-electron chi connectivity index (χ3n) is 2.83. The van der Waals surface area contributed by atoms with Gasteiger partial charge in [0.25, 0.3) is 0 Å². The average Bonchev–Trinajstić information content (AvgIpc) is 2.52. The maximum Gasteiger partial charge on any atom is 0.00905 e. The molecule has 0 aliphatic heterocycles. The highest BCUT2D eigenvalue weighted by Crippen LogP contribution is 2.19. The van der Waals surface area contributed by atoms with Gasteiger partial charge in [0.1, 0.15) is 0 Å². The molecule has 0 aliphatic carbocycles. The first-order chi connectivity index (χ1) is 6.65. The highest BCUT2D eigenvalue weighted by molar-refractivity contribution is 7.10. The molecule has 0 aliphatic rings. The van der Waals surface area contributed by atoms with Crippen LogP contribution in [-0.2, 0) is 6.42 Å². The van der Waals surface area contributed by atoms with Crippen molar-refractivity contribution in [3.63, 3.8) is 0 Å². The molecule has 0 aromatic carbocycles. The van der Waals surface area contributed by atoms with Crippen LogP contribution in [0.2, 0.25) is 0 Å². The normalized spacial score (nSPS) is 13.5. The van der Waals surface area contributed by atoms with Crippen LogP contribution in [0.25, 0.3) is 0 Å². The average molecular weight is 211 g/mol. The van der Waals surface area contributed by atoms with Crippen LogP contribution in [0.15, 0.2) is 11.4 Å². The third-order valence-corrected chi connectivity index (χ3v) is 3.91. The minimum atomic E-state index is 0.650. The van der Waals surface area contributed by atoms with Crippen molar-refractivity contribution >= 4 is 11.3 Å². The summed E-state index contributed by atoms with van der Waals surface area (Å²) in [6.45, 7) is 6.76. The Balaban J connectivity index is 2.43. The maximum atomic E-state index is 3.39. The van der Waals surface area contributed by atoms with Crippen molar-refractivity contribution in [3.8, 4) is 0 Å². The molecule has 0 spiro atoms. The van der Waals surface area contributed by atoms with Gasteiger partial charge in [0.2, 0.25) is 0 Å². The number of aryl methyl sites for hydroxylation is 2. The second kappa shape index (κ2) is 5.52. The monoisotopic (exact) mass is 211 g/mol. The van der Waals surface area contributed by atoms with Crippen LogP contribution in [0.3, 0.4) is 0 Å². The molecular weight excluding hydrogens is 190 g/mol. The van der Waals surface area contributed by atoms with Crippen molar-refractivity contribution in [1.29, 1.82) is 0 Å². The van der Waals surface area contributed by atoms with Gasteiger partial charge in [-0.3, -0.25) is 0 Å². The van der Waals surface area contributed by atoms with Crippen LogP contribution in [-0.4, -0.2) is 13.1 Å². The van der Waals surface area contributed by atoms with Crippen LogP contribution in [0.1, 0.15) is 30.7 Å². The van der Waals surface area contributed by atoms with E-state index in [9.17, 15) is 0 Å². The second-order valence-corrected chi connectivity index (χ2v) is 5.21. The van der Waals surface area contributed by atoms with Gasteiger partial charge in [-0.1, -0.05) is 13.8 Å². The highest BCUT2D eigenvalue weighted by atomic mass is 32.1. The van der Waals surface area contributed by atoms with Crippen LogP contribution in [0.5, 0.6) is 0 Å². The zero-order valence-electron chi connectivity index (χ0n) is 9.63. The Morgan fingerprint density at radius 1 is 1.43 bits per heavy atom. The van der Waals surface area contributed by atoms with Gasteiger partial charge in [-0.15, -0.1) is 11.3 Å². The minimum absolute atomic E-state index is 0.650. The Labute approximate surface area is 91.5 Å². The predicted octanol–water partition coefficient (Wildman–Crippen LogP) is 3.23. The van der Waals surface area contributed by atoms with E-state index in [4.69, 9.17) is 0 Å². The molecule has 14 heavy (non-hydrogen) atoms. The largest absolute Gasteiger partial charge is 0.317 e. The fourth-order valence-electron chi connectivity index (χ4n) is 1.76. The molecule has 1 heterocycles. The standard InChI is InChI=1S/C12H21NS/c1-9(2)11(13-4)5-6-12-10(3)7-8-14-12/h7-9,11,13H,5-6H2,1-4H3. The summed E-state index contributed by atoms with van der Waals surface area (Å²) in [6, 6.07) is 2.86. The molecule has 0 saturated carbocycles. The van der Waals surface area contributed by atoms with E-state index in [1.807, 2.05) is 11.3 Å². The smallest absolute Gasteiger partial charge is 0.00905 e. The molecule has 0 amide bonds. The van der Waals surface area contributed by atoms with E-state index in [1.54, 1.807) is 4.88 Å². The zero-order chi connectivity index (χ0) is 10.6. The molecule has 1 aromatic heterocycles. The van der Waals surface area contributed by atoms with Crippen molar-refractivity contribution in [3.05, 3.63) is 21.9 Å². The van der Waals surface area contributed by atoms with E-state index in [-0.39, 0.29) is 0 Å². The number of rotatable bonds is 5. The predicted molar refractivity (Wildman–Crippen MR) is 65.1 cm³/mol. The number of hydrogen-bond acceptors (Lipinski definition) is 2. The van der Waals surface area contributed by atoms with E-state index in [1.165, 1.54) is 18.4 Å². The Hall–Kier alpha value is -0.340. The zero-order valence-corrected chi connectivity index (χ0v) is 10.4. The second-order valence-electron chi connectivity index (χ2n) is 4.20. The van der Waals surface area contributed by atoms with E-state index < -0.39 is 0 Å². The van der Waals surface area contributed by atoms with Gasteiger partial charge in [-0.25, -0.2) is 0 Å². The van der Waals surface area contributed by atoms with Crippen molar-refractivity contribution in [1.82, 2.24) is 5.32 Å². The molecule has 0 bridgehead atoms. The summed E-state index contributed by atoms with van der Waals surface area (Å²) in [5, 5.41) is 5.58. The first-order valence-electron chi connectivity index (χ1n) is 5.35. The van der Waals surface area contributed by atoms with Gasteiger partial charge in [0.05, 0.1) is 0 Å². The quantitative estimate of drug-likeness (QED) is 0.788. The van der Waals surface area contributed by atoms with Crippen molar-refractivity contribution in [2.24, 2.45) is 5.92 Å². The van der Waals surface area contributed by atoms with E-state index >= 15 is 0 Å². The topological polar surface area (TPSA) is 12.0 Å². The summed E-state index contributed by atoms with van der Waals surface area (Å²) < 4.78 is 0. The fraction of sp³-hybridized carbons (Fsp3) is 0.667. The maximum absolute atomic E-state index is 3.39. The summed E-state index contributed by atoms with van der Waals surface area (Å²) in [5.74, 6) is 0.722. The fourth-order valence-corrected chi connectivity index (χ4v) is 2.68. The summed E-state index contributed by atoms with van der Waals surface area (Å²) in [6.07, 6.45) is 2.46. The van der Waals surface area contributed by atoms with Crippen LogP contribution in [0.4, 0.5) is 0 Å². The van der Waals surface area contributed by atoms with Crippen molar-refractivity contribution in [2.75, 3.05) is 7.05 Å². The number of hydrogen-bond donors (Lipinski definition) is 1. The molecule has 2 heteroatoms. The Bertz CT molecular complexity index is 265. The van der Waals surface area contributed by atoms with Crippen molar-refractivity contribution < 1.29 is 0 Å². The Morgan fingerprint density at radius 3 is 2.57 bits per heavy atom. The van der Waals surface area contributed by atoms with Crippen LogP contribution in [0, 0.1) is 12.8 Å². The molecule has 1 atom stereocenters. The van der Waals surface area contributed by atoms with Gasteiger partial charge in [0.15, 0.2) is 0 Å². The van der Waals surface area contributed by atoms with E-state index in [2.05, 4.69) is 44.6 Å². The van der Waals surface area contributed by atoms with Gasteiger partial charge < -0.3 is 5.32 Å². The Morgan fingerprint density at radius 2 is 2.14 bits per heavy atom. The lowest BCUT2D eigenvalue weighted by molar-refractivity contribution is 0.403. The lowest BCUT2D eigenvalue weighted by Gasteiger charge is -2.19. The summed E-state index contributed by atoms with van der Waals surface area (Å²) in [7, 11) is 2.06. The SMILES string of the molecule is CNC(CCc1sccc1C)C(C)C. The van der Waals surface area contributed by atoms with E-state index in [0.29, 0.717) is 6.04 Å². The highest BCUT2D eigenvalue weighted by Gasteiger charge is 2.11. The molecule has 80 valence electrons. The lowest BCUT2D eigenvalue weighted by Crippen LogP contribution is -2.30. The van der Waals surface area contributed by atoms with Crippen LogP contribution >= 0.6 is 11.3 Å².